The number of hydrogen-bond donors (Lipinski definition) is 0. The van der Waals surface area contributed by atoms with Gasteiger partial charge >= 0.3 is 0 Å². The van der Waals surface area contributed by atoms with Gasteiger partial charge in [-0.1, -0.05) is 69.8 Å². The highest BCUT2D eigenvalue weighted by Crippen LogP contribution is 2.68. The number of halogens is 1. The van der Waals surface area contributed by atoms with Gasteiger partial charge in [-0.2, -0.15) is 0 Å². The molecule has 0 radical (unpaired) electrons. The van der Waals surface area contributed by atoms with Crippen molar-refractivity contribution in [1.29, 1.82) is 0 Å². The number of alkyl halides is 1. The molecule has 4 rings (SSSR count). The van der Waals surface area contributed by atoms with E-state index >= 15 is 0 Å². The Morgan fingerprint density at radius 3 is 2.41 bits per heavy atom. The fourth-order valence-corrected chi connectivity index (χ4v) is 9.97. The molecule has 4 aliphatic rings. The van der Waals surface area contributed by atoms with E-state index in [0.29, 0.717) is 22.5 Å². The molecule has 0 spiro atoms. The second-order valence-electron chi connectivity index (χ2n) is 12.5. The molecule has 1 nitrogen and oxygen atoms in total. The number of fused-ring (bicyclic) bond motifs is 5. The molecule has 4 saturated carbocycles. The topological polar surface area (TPSA) is 17.1 Å². The first-order valence-electron chi connectivity index (χ1n) is 12.8. The highest BCUT2D eigenvalue weighted by molar-refractivity contribution is 9.10. The number of Topliss-reactive ketones (excluding diaryl/α,β-unsaturated/α-hetero) is 1. The molecule has 29 heavy (non-hydrogen) atoms. The van der Waals surface area contributed by atoms with Crippen LogP contribution in [0.25, 0.3) is 0 Å². The van der Waals surface area contributed by atoms with Crippen molar-refractivity contribution in [1.82, 2.24) is 0 Å². The lowest BCUT2D eigenvalue weighted by atomic mass is 9.44. The lowest BCUT2D eigenvalue weighted by molar-refractivity contribution is -0.139. The van der Waals surface area contributed by atoms with Crippen LogP contribution in [0.1, 0.15) is 105 Å². The summed E-state index contributed by atoms with van der Waals surface area (Å²) in [5, 5.41) is 0. The smallest absolute Gasteiger partial charge is 0.146 e. The zero-order chi connectivity index (χ0) is 21.0. The van der Waals surface area contributed by atoms with Gasteiger partial charge in [0.25, 0.3) is 0 Å². The molecule has 4 aliphatic carbocycles. The average Bonchev–Trinajstić information content (AvgIpc) is 3.00. The van der Waals surface area contributed by atoms with E-state index < -0.39 is 0 Å². The van der Waals surface area contributed by atoms with Gasteiger partial charge in [0.1, 0.15) is 5.78 Å². The van der Waals surface area contributed by atoms with Gasteiger partial charge < -0.3 is 0 Å². The van der Waals surface area contributed by atoms with Crippen LogP contribution in [0.15, 0.2) is 0 Å². The third-order valence-electron chi connectivity index (χ3n) is 10.7. The molecule has 0 aromatic heterocycles. The molecular formula is C27H45BrO. The Morgan fingerprint density at radius 2 is 1.69 bits per heavy atom. The van der Waals surface area contributed by atoms with Crippen molar-refractivity contribution in [2.75, 3.05) is 0 Å². The first-order valence-corrected chi connectivity index (χ1v) is 13.7. The zero-order valence-corrected chi connectivity index (χ0v) is 21.3. The molecule has 0 aromatic carbocycles. The summed E-state index contributed by atoms with van der Waals surface area (Å²) in [6, 6.07) is 0. The molecular weight excluding hydrogens is 420 g/mol. The molecule has 0 amide bonds. The molecule has 0 aromatic rings. The van der Waals surface area contributed by atoms with Crippen LogP contribution < -0.4 is 0 Å². The van der Waals surface area contributed by atoms with Crippen LogP contribution in [-0.2, 0) is 4.79 Å². The molecule has 2 heteroatoms. The van der Waals surface area contributed by atoms with Gasteiger partial charge in [0.2, 0.25) is 0 Å². The Hall–Kier alpha value is 0.150. The van der Waals surface area contributed by atoms with Gasteiger partial charge in [0.05, 0.1) is 4.83 Å². The third kappa shape index (κ3) is 3.80. The first kappa shape index (κ1) is 22.3. The quantitative estimate of drug-likeness (QED) is 0.375. The summed E-state index contributed by atoms with van der Waals surface area (Å²) in [6.07, 6.45) is 14.7. The minimum absolute atomic E-state index is 0.119. The summed E-state index contributed by atoms with van der Waals surface area (Å²) in [7, 11) is 0. The maximum Gasteiger partial charge on any atom is 0.146 e. The number of rotatable bonds is 5. The fraction of sp³-hybridized carbons (Fsp3) is 0.963. The maximum atomic E-state index is 12.4. The minimum atomic E-state index is 0.119. The van der Waals surface area contributed by atoms with Gasteiger partial charge in [-0.15, -0.1) is 0 Å². The lowest BCUT2D eigenvalue weighted by Gasteiger charge is -2.61. The minimum Gasteiger partial charge on any atom is -0.298 e. The van der Waals surface area contributed by atoms with Gasteiger partial charge in [-0.05, 0) is 97.2 Å². The Labute approximate surface area is 188 Å². The summed E-state index contributed by atoms with van der Waals surface area (Å²) in [5.74, 6) is 6.56. The van der Waals surface area contributed by atoms with E-state index in [1.807, 2.05) is 0 Å². The maximum absolute atomic E-state index is 12.4. The van der Waals surface area contributed by atoms with Crippen LogP contribution in [0.4, 0.5) is 0 Å². The van der Waals surface area contributed by atoms with E-state index in [4.69, 9.17) is 0 Å². The van der Waals surface area contributed by atoms with Crippen molar-refractivity contribution < 1.29 is 4.79 Å². The third-order valence-corrected chi connectivity index (χ3v) is 11.5. The van der Waals surface area contributed by atoms with Crippen molar-refractivity contribution >= 4 is 21.7 Å². The predicted molar refractivity (Wildman–Crippen MR) is 126 cm³/mol. The molecule has 0 N–H and O–H groups in total. The van der Waals surface area contributed by atoms with Crippen LogP contribution >= 0.6 is 15.9 Å². The number of ketones is 1. The summed E-state index contributed by atoms with van der Waals surface area (Å²) in [4.78, 5) is 12.5. The van der Waals surface area contributed by atoms with Gasteiger partial charge in [0, 0.05) is 6.42 Å². The van der Waals surface area contributed by atoms with E-state index in [9.17, 15) is 4.79 Å². The van der Waals surface area contributed by atoms with Crippen molar-refractivity contribution in [3.8, 4) is 0 Å². The normalized spacial score (nSPS) is 48.2. The molecule has 0 unspecified atom stereocenters. The van der Waals surface area contributed by atoms with Crippen LogP contribution in [0.3, 0.4) is 0 Å². The summed E-state index contributed by atoms with van der Waals surface area (Å²) >= 11 is 3.75. The molecule has 0 heterocycles. The number of carbonyl (C=O) groups excluding carboxylic acids is 1. The van der Waals surface area contributed by atoms with Crippen molar-refractivity contribution in [2.45, 2.75) is 110 Å². The van der Waals surface area contributed by atoms with E-state index in [1.165, 1.54) is 57.8 Å². The molecule has 166 valence electrons. The van der Waals surface area contributed by atoms with E-state index in [2.05, 4.69) is 50.5 Å². The van der Waals surface area contributed by atoms with Crippen molar-refractivity contribution in [3.63, 3.8) is 0 Å². The Kier molecular flexibility index (Phi) is 6.36. The molecule has 9 atom stereocenters. The molecule has 0 saturated heterocycles. The van der Waals surface area contributed by atoms with Crippen LogP contribution in [0.2, 0.25) is 0 Å². The van der Waals surface area contributed by atoms with Crippen molar-refractivity contribution in [2.24, 2.45) is 52.3 Å². The first-order chi connectivity index (χ1) is 13.7. The highest BCUT2D eigenvalue weighted by Gasteiger charge is 2.61. The predicted octanol–water partition coefficient (Wildman–Crippen LogP) is 8.05. The molecule has 4 fully saturated rings. The van der Waals surface area contributed by atoms with E-state index in [0.717, 1.165) is 48.3 Å². The lowest BCUT2D eigenvalue weighted by Crippen LogP contribution is -2.55. The molecule has 0 aliphatic heterocycles. The molecule has 0 bridgehead atoms. The van der Waals surface area contributed by atoms with E-state index in [-0.39, 0.29) is 4.83 Å². The monoisotopic (exact) mass is 464 g/mol. The van der Waals surface area contributed by atoms with Crippen molar-refractivity contribution in [3.05, 3.63) is 0 Å². The summed E-state index contributed by atoms with van der Waals surface area (Å²) in [5.41, 5.74) is 0.979. The summed E-state index contributed by atoms with van der Waals surface area (Å²) < 4.78 is 0. The van der Waals surface area contributed by atoms with Crippen LogP contribution in [-0.4, -0.2) is 10.6 Å². The van der Waals surface area contributed by atoms with Gasteiger partial charge in [-0.25, -0.2) is 0 Å². The van der Waals surface area contributed by atoms with Gasteiger partial charge in [-0.3, -0.25) is 4.79 Å². The van der Waals surface area contributed by atoms with Crippen LogP contribution in [0.5, 0.6) is 0 Å². The largest absolute Gasteiger partial charge is 0.298 e. The fourth-order valence-electron chi connectivity index (χ4n) is 9.08. The Morgan fingerprint density at radius 1 is 0.966 bits per heavy atom. The highest BCUT2D eigenvalue weighted by atomic mass is 79.9. The standard InChI is InChI=1S/C27H45BrO/c1-17(2)7-6-8-18(3)21-11-12-22-20-10-9-19-15-25(29)24(28)16-27(19,5)23(20)13-14-26(21,22)4/h17-24H,6-16H2,1-5H3/t18-,19-,20-,21+,22-,23-,24-,26+,27-/m0/s1. The van der Waals surface area contributed by atoms with Gasteiger partial charge in [0.15, 0.2) is 0 Å². The second-order valence-corrected chi connectivity index (χ2v) is 13.6. The Balaban J connectivity index is 1.48. The zero-order valence-electron chi connectivity index (χ0n) is 19.7. The number of hydrogen-bond acceptors (Lipinski definition) is 1. The Bertz CT molecular complexity index is 614. The summed E-state index contributed by atoms with van der Waals surface area (Å²) in [6.45, 7) is 12.6. The SMILES string of the molecule is CC(C)CCC[C@H](C)[C@H]1CC[C@H]2[C@@H]3CC[C@H]4CC(=O)[C@@H](Br)C[C@]4(C)[C@H]3CC[C@]12C. The number of carbonyl (C=O) groups is 1. The average molecular weight is 466 g/mol. The second kappa shape index (κ2) is 8.25. The van der Waals surface area contributed by atoms with Crippen LogP contribution in [0, 0.1) is 52.3 Å². The van der Waals surface area contributed by atoms with E-state index in [1.54, 1.807) is 0 Å².